The van der Waals surface area contributed by atoms with E-state index in [2.05, 4.69) is 54.6 Å². The highest BCUT2D eigenvalue weighted by atomic mass is 16.2. The summed E-state index contributed by atoms with van der Waals surface area (Å²) in [5.74, 6) is 0.511. The lowest BCUT2D eigenvalue weighted by Crippen LogP contribution is -2.40. The molecule has 1 aromatic heterocycles. The van der Waals surface area contributed by atoms with Gasteiger partial charge in [-0.3, -0.25) is 4.79 Å². The fraction of sp³-hybridized carbons (Fsp3) is 0.500. The Bertz CT molecular complexity index is 667. The maximum atomic E-state index is 12.6. The Balaban J connectivity index is 1.94. The smallest absolute Gasteiger partial charge is 0.226 e. The molecular weight excluding hydrogens is 260 g/mol. The zero-order valence-electron chi connectivity index (χ0n) is 13.2. The summed E-state index contributed by atoms with van der Waals surface area (Å²) in [4.78, 5) is 14.7. The Morgan fingerprint density at radius 2 is 1.95 bits per heavy atom. The van der Waals surface area contributed by atoms with E-state index in [4.69, 9.17) is 0 Å². The molecule has 0 atom stereocenters. The number of aromatic nitrogens is 1. The number of nitrogens with zero attached hydrogens (tertiary/aromatic N) is 2. The van der Waals surface area contributed by atoms with Crippen molar-refractivity contribution in [1.29, 1.82) is 0 Å². The molecule has 0 radical (unpaired) electrons. The summed E-state index contributed by atoms with van der Waals surface area (Å²) in [6.07, 6.45) is 2.85. The van der Waals surface area contributed by atoms with Crippen LogP contribution >= 0.6 is 0 Å². The molecule has 1 aromatic carbocycles. The molecule has 112 valence electrons. The van der Waals surface area contributed by atoms with Crippen molar-refractivity contribution in [3.8, 4) is 0 Å². The van der Waals surface area contributed by atoms with E-state index in [1.807, 2.05) is 0 Å². The molecule has 0 N–H and O–H groups in total. The molecule has 0 fully saturated rings. The Morgan fingerprint density at radius 3 is 2.67 bits per heavy atom. The van der Waals surface area contributed by atoms with Gasteiger partial charge in [0, 0.05) is 36.1 Å². The van der Waals surface area contributed by atoms with Gasteiger partial charge >= 0.3 is 0 Å². The Hall–Kier alpha value is -1.77. The summed E-state index contributed by atoms with van der Waals surface area (Å²) in [5.41, 5.74) is 4.02. The molecule has 0 saturated carbocycles. The van der Waals surface area contributed by atoms with E-state index >= 15 is 0 Å². The standard InChI is InChI=1S/C18H24N2O/c1-4-13(5-2)18(21)20-11-10-15-14-8-6-7-9-16(14)19(3)17(15)12-20/h6-9,13H,4-5,10-12H2,1-3H3. The van der Waals surface area contributed by atoms with Crippen LogP contribution in [0.1, 0.15) is 37.9 Å². The number of carbonyl (C=O) groups excluding carboxylic acids is 1. The van der Waals surface area contributed by atoms with E-state index in [9.17, 15) is 4.79 Å². The van der Waals surface area contributed by atoms with Crippen LogP contribution in [0.3, 0.4) is 0 Å². The van der Waals surface area contributed by atoms with Crippen molar-refractivity contribution >= 4 is 16.8 Å². The van der Waals surface area contributed by atoms with Crippen molar-refractivity contribution in [3.63, 3.8) is 0 Å². The molecule has 3 rings (SSSR count). The Morgan fingerprint density at radius 1 is 1.24 bits per heavy atom. The highest BCUT2D eigenvalue weighted by Crippen LogP contribution is 2.30. The van der Waals surface area contributed by atoms with Crippen molar-refractivity contribution in [2.75, 3.05) is 6.54 Å². The fourth-order valence-electron chi connectivity index (χ4n) is 3.60. The zero-order valence-corrected chi connectivity index (χ0v) is 13.2. The van der Waals surface area contributed by atoms with Crippen molar-refractivity contribution in [2.45, 2.75) is 39.7 Å². The topological polar surface area (TPSA) is 25.2 Å². The third-order valence-corrected chi connectivity index (χ3v) is 4.96. The first kappa shape index (κ1) is 14.2. The van der Waals surface area contributed by atoms with E-state index in [-0.39, 0.29) is 5.92 Å². The van der Waals surface area contributed by atoms with Gasteiger partial charge in [-0.05, 0) is 30.9 Å². The summed E-state index contributed by atoms with van der Waals surface area (Å²) in [7, 11) is 2.12. The number of aryl methyl sites for hydroxylation is 1. The van der Waals surface area contributed by atoms with Crippen LogP contribution in [0.15, 0.2) is 24.3 Å². The summed E-state index contributed by atoms with van der Waals surface area (Å²) < 4.78 is 2.26. The normalized spacial score (nSPS) is 14.8. The maximum absolute atomic E-state index is 12.6. The third-order valence-electron chi connectivity index (χ3n) is 4.96. The zero-order chi connectivity index (χ0) is 15.0. The second-order valence-electron chi connectivity index (χ2n) is 6.02. The van der Waals surface area contributed by atoms with Gasteiger partial charge < -0.3 is 9.47 Å². The van der Waals surface area contributed by atoms with Crippen molar-refractivity contribution in [1.82, 2.24) is 9.47 Å². The number of amides is 1. The molecule has 3 nitrogen and oxygen atoms in total. The average molecular weight is 284 g/mol. The number of rotatable bonds is 3. The van der Waals surface area contributed by atoms with Crippen molar-refractivity contribution in [3.05, 3.63) is 35.5 Å². The van der Waals surface area contributed by atoms with Gasteiger partial charge in [-0.1, -0.05) is 32.0 Å². The van der Waals surface area contributed by atoms with Gasteiger partial charge in [0.1, 0.15) is 0 Å². The van der Waals surface area contributed by atoms with Crippen LogP contribution < -0.4 is 0 Å². The lowest BCUT2D eigenvalue weighted by Gasteiger charge is -2.30. The van der Waals surface area contributed by atoms with Crippen molar-refractivity contribution in [2.24, 2.45) is 13.0 Å². The van der Waals surface area contributed by atoms with Crippen molar-refractivity contribution < 1.29 is 4.79 Å². The first-order valence-electron chi connectivity index (χ1n) is 8.01. The van der Waals surface area contributed by atoms with Crippen LogP contribution in [-0.4, -0.2) is 21.9 Å². The molecule has 0 unspecified atom stereocenters. The summed E-state index contributed by atoms with van der Waals surface area (Å²) in [6, 6.07) is 8.55. The van der Waals surface area contributed by atoms with E-state index in [1.54, 1.807) is 0 Å². The highest BCUT2D eigenvalue weighted by molar-refractivity contribution is 5.86. The Kier molecular flexibility index (Phi) is 3.75. The highest BCUT2D eigenvalue weighted by Gasteiger charge is 2.28. The molecule has 0 saturated heterocycles. The number of carbonyl (C=O) groups is 1. The van der Waals surface area contributed by atoms with E-state index in [0.717, 1.165) is 32.4 Å². The summed E-state index contributed by atoms with van der Waals surface area (Å²) in [6.45, 7) is 5.84. The van der Waals surface area contributed by atoms with Gasteiger partial charge in [0.05, 0.1) is 6.54 Å². The second kappa shape index (κ2) is 5.55. The quantitative estimate of drug-likeness (QED) is 0.847. The van der Waals surface area contributed by atoms with E-state index in [0.29, 0.717) is 5.91 Å². The first-order valence-corrected chi connectivity index (χ1v) is 8.01. The van der Waals surface area contributed by atoms with Gasteiger partial charge in [-0.15, -0.1) is 0 Å². The predicted molar refractivity (Wildman–Crippen MR) is 86.1 cm³/mol. The monoisotopic (exact) mass is 284 g/mol. The summed E-state index contributed by atoms with van der Waals surface area (Å²) >= 11 is 0. The molecule has 21 heavy (non-hydrogen) atoms. The van der Waals surface area contributed by atoms with E-state index < -0.39 is 0 Å². The Labute approximate surface area is 126 Å². The molecule has 1 aliphatic rings. The van der Waals surface area contributed by atoms with Crippen LogP contribution in [0.2, 0.25) is 0 Å². The van der Waals surface area contributed by atoms with Gasteiger partial charge in [0.2, 0.25) is 5.91 Å². The van der Waals surface area contributed by atoms with E-state index in [1.165, 1.54) is 22.2 Å². The molecule has 0 bridgehead atoms. The van der Waals surface area contributed by atoms with Crippen LogP contribution in [0.4, 0.5) is 0 Å². The predicted octanol–water partition coefficient (Wildman–Crippen LogP) is 3.50. The number of hydrogen-bond acceptors (Lipinski definition) is 1. The molecule has 1 aliphatic heterocycles. The van der Waals surface area contributed by atoms with Crippen LogP contribution in [0.25, 0.3) is 10.9 Å². The molecule has 2 aromatic rings. The molecule has 1 amide bonds. The number of hydrogen-bond donors (Lipinski definition) is 0. The second-order valence-corrected chi connectivity index (χ2v) is 6.02. The van der Waals surface area contributed by atoms with Gasteiger partial charge in [0.25, 0.3) is 0 Å². The molecule has 0 aliphatic carbocycles. The van der Waals surface area contributed by atoms with Crippen LogP contribution in [-0.2, 0) is 24.8 Å². The lowest BCUT2D eigenvalue weighted by molar-refractivity contribution is -0.136. The van der Waals surface area contributed by atoms with Gasteiger partial charge in [-0.25, -0.2) is 0 Å². The van der Waals surface area contributed by atoms with Crippen LogP contribution in [0.5, 0.6) is 0 Å². The lowest BCUT2D eigenvalue weighted by atomic mass is 9.98. The number of benzene rings is 1. The molecule has 0 spiro atoms. The molecule has 3 heteroatoms. The maximum Gasteiger partial charge on any atom is 0.226 e. The number of para-hydroxylation sites is 1. The third kappa shape index (κ3) is 2.25. The number of fused-ring (bicyclic) bond motifs is 3. The minimum Gasteiger partial charge on any atom is -0.346 e. The molecule has 2 heterocycles. The SMILES string of the molecule is CCC(CC)C(=O)N1CCc2c(n(C)c3ccccc23)C1. The van der Waals surface area contributed by atoms with Crippen LogP contribution in [0, 0.1) is 5.92 Å². The average Bonchev–Trinajstić information content (AvgIpc) is 2.81. The summed E-state index contributed by atoms with van der Waals surface area (Å²) in [5, 5.41) is 1.35. The minimum absolute atomic E-state index is 0.182. The largest absolute Gasteiger partial charge is 0.346 e. The molecular formula is C18H24N2O. The fourth-order valence-corrected chi connectivity index (χ4v) is 3.60. The minimum atomic E-state index is 0.182. The first-order chi connectivity index (χ1) is 10.2. The van der Waals surface area contributed by atoms with Gasteiger partial charge in [0.15, 0.2) is 0 Å². The van der Waals surface area contributed by atoms with Gasteiger partial charge in [-0.2, -0.15) is 0 Å².